The highest BCUT2D eigenvalue weighted by Gasteiger charge is 2.15. The number of anilines is 1. The quantitative estimate of drug-likeness (QED) is 0.486. The van der Waals surface area contributed by atoms with Gasteiger partial charge in [0.05, 0.1) is 23.2 Å². The van der Waals surface area contributed by atoms with Gasteiger partial charge in [-0.1, -0.05) is 42.3 Å². The Morgan fingerprint density at radius 3 is 2.52 bits per heavy atom. The third-order valence-corrected chi connectivity index (χ3v) is 4.77. The smallest absolute Gasteiger partial charge is 0.339 e. The first-order valence-corrected chi connectivity index (χ1v) is 9.75. The lowest BCUT2D eigenvalue weighted by Gasteiger charge is -2.22. The molecule has 0 radical (unpaired) electrons. The molecule has 0 heterocycles. The van der Waals surface area contributed by atoms with Crippen LogP contribution in [0.2, 0.25) is 5.02 Å². The monoisotopic (exact) mass is 404 g/mol. The summed E-state index contributed by atoms with van der Waals surface area (Å²) in [7, 11) is 0. The summed E-state index contributed by atoms with van der Waals surface area (Å²) >= 11 is 11.7. The van der Waals surface area contributed by atoms with Gasteiger partial charge < -0.3 is 15.4 Å². The van der Waals surface area contributed by atoms with E-state index in [2.05, 4.69) is 49.6 Å². The Kier molecular flexibility index (Phi) is 7.63. The Hall–Kier alpha value is -2.11. The second kappa shape index (κ2) is 9.72. The summed E-state index contributed by atoms with van der Waals surface area (Å²) in [4.78, 5) is 11.8. The van der Waals surface area contributed by atoms with E-state index in [1.807, 2.05) is 0 Å². The van der Waals surface area contributed by atoms with Gasteiger partial charge in [-0.2, -0.15) is 0 Å². The van der Waals surface area contributed by atoms with E-state index in [-0.39, 0.29) is 6.04 Å². The van der Waals surface area contributed by atoms with E-state index in [0.29, 0.717) is 28.0 Å². The van der Waals surface area contributed by atoms with Crippen molar-refractivity contribution < 1.29 is 9.53 Å². The normalized spacial score (nSPS) is 11.6. The van der Waals surface area contributed by atoms with E-state index in [1.165, 1.54) is 16.7 Å². The zero-order chi connectivity index (χ0) is 20.0. The Bertz CT molecular complexity index is 839. The fourth-order valence-electron chi connectivity index (χ4n) is 2.91. The first-order valence-electron chi connectivity index (χ1n) is 8.97. The van der Waals surface area contributed by atoms with Crippen LogP contribution in [0.5, 0.6) is 0 Å². The molecular formula is C21H25ClN2O2S. The van der Waals surface area contributed by atoms with Gasteiger partial charge in [-0.05, 0) is 68.7 Å². The number of carbonyl (C=O) groups excluding carboxylic acids is 1. The van der Waals surface area contributed by atoms with Gasteiger partial charge in [0, 0.05) is 5.69 Å². The molecule has 0 saturated carbocycles. The fourth-order valence-corrected chi connectivity index (χ4v) is 3.43. The Labute approximate surface area is 171 Å². The minimum atomic E-state index is -0.435. The molecule has 1 atom stereocenters. The maximum Gasteiger partial charge on any atom is 0.339 e. The third-order valence-electron chi connectivity index (χ3n) is 4.24. The molecule has 2 aromatic rings. The first kappa shape index (κ1) is 21.2. The van der Waals surface area contributed by atoms with E-state index in [1.54, 1.807) is 25.1 Å². The van der Waals surface area contributed by atoms with E-state index in [0.717, 1.165) is 6.42 Å². The van der Waals surface area contributed by atoms with E-state index >= 15 is 0 Å². The largest absolute Gasteiger partial charge is 0.462 e. The van der Waals surface area contributed by atoms with Crippen molar-refractivity contribution in [3.05, 3.63) is 63.7 Å². The highest BCUT2D eigenvalue weighted by Crippen LogP contribution is 2.24. The lowest BCUT2D eigenvalue weighted by molar-refractivity contribution is 0.0526. The summed E-state index contributed by atoms with van der Waals surface area (Å²) in [6.07, 6.45) is 0.897. The highest BCUT2D eigenvalue weighted by atomic mass is 35.5. The predicted molar refractivity (Wildman–Crippen MR) is 116 cm³/mol. The topological polar surface area (TPSA) is 50.4 Å². The van der Waals surface area contributed by atoms with Crippen LogP contribution in [0.4, 0.5) is 5.69 Å². The molecule has 144 valence electrons. The van der Waals surface area contributed by atoms with Gasteiger partial charge in [0.1, 0.15) is 0 Å². The van der Waals surface area contributed by atoms with Gasteiger partial charge >= 0.3 is 5.97 Å². The van der Waals surface area contributed by atoms with Crippen LogP contribution in [0.15, 0.2) is 36.4 Å². The van der Waals surface area contributed by atoms with Crippen molar-refractivity contribution in [2.45, 2.75) is 40.2 Å². The van der Waals surface area contributed by atoms with Crippen molar-refractivity contribution in [2.24, 2.45) is 0 Å². The molecule has 2 N–H and O–H groups in total. The third kappa shape index (κ3) is 5.68. The molecule has 0 fully saturated rings. The Balaban J connectivity index is 2.08. The molecule has 0 amide bonds. The van der Waals surface area contributed by atoms with Crippen molar-refractivity contribution in [3.63, 3.8) is 0 Å². The molecule has 0 aliphatic rings. The summed E-state index contributed by atoms with van der Waals surface area (Å²) in [5.74, 6) is -0.435. The van der Waals surface area contributed by atoms with E-state index in [4.69, 9.17) is 28.6 Å². The van der Waals surface area contributed by atoms with Crippen molar-refractivity contribution in [1.82, 2.24) is 5.32 Å². The minimum Gasteiger partial charge on any atom is -0.462 e. The van der Waals surface area contributed by atoms with Crippen molar-refractivity contribution in [3.8, 4) is 0 Å². The molecule has 27 heavy (non-hydrogen) atoms. The molecule has 0 bridgehead atoms. The average Bonchev–Trinajstić information content (AvgIpc) is 2.60. The highest BCUT2D eigenvalue weighted by molar-refractivity contribution is 7.80. The first-order chi connectivity index (χ1) is 12.8. The SMILES string of the molecule is CCOC(=O)c1ccc(NC(=S)N[C@@H](CC)c2ccc(C)cc2C)cc1Cl. The second-order valence-corrected chi connectivity index (χ2v) is 7.15. The summed E-state index contributed by atoms with van der Waals surface area (Å²) in [5, 5.41) is 7.31. The molecule has 0 aromatic heterocycles. The molecule has 4 nitrogen and oxygen atoms in total. The van der Waals surface area contributed by atoms with E-state index in [9.17, 15) is 4.79 Å². The number of rotatable bonds is 6. The van der Waals surface area contributed by atoms with Crippen molar-refractivity contribution in [2.75, 3.05) is 11.9 Å². The summed E-state index contributed by atoms with van der Waals surface area (Å²) in [6, 6.07) is 11.6. The number of ether oxygens (including phenoxy) is 1. The number of benzene rings is 2. The number of thiocarbonyl (C=S) groups is 1. The zero-order valence-electron chi connectivity index (χ0n) is 16.1. The summed E-state index contributed by atoms with van der Waals surface area (Å²) in [6.45, 7) is 8.37. The predicted octanol–water partition coefficient (Wildman–Crippen LogP) is 5.57. The van der Waals surface area contributed by atoms with Crippen LogP contribution < -0.4 is 10.6 Å². The molecular weight excluding hydrogens is 380 g/mol. The molecule has 2 rings (SSSR count). The van der Waals surface area contributed by atoms with Gasteiger partial charge in [0.2, 0.25) is 0 Å². The second-order valence-electron chi connectivity index (χ2n) is 6.33. The average molecular weight is 405 g/mol. The van der Waals surface area contributed by atoms with Gasteiger partial charge in [-0.3, -0.25) is 0 Å². The molecule has 0 spiro atoms. The summed E-state index contributed by atoms with van der Waals surface area (Å²) in [5.41, 5.74) is 4.75. The Morgan fingerprint density at radius 1 is 1.19 bits per heavy atom. The maximum atomic E-state index is 11.8. The standard InChI is InChI=1S/C21H25ClN2O2S/c1-5-19(16-9-7-13(3)11-14(16)4)24-21(27)23-15-8-10-17(18(22)12-15)20(25)26-6-2/h7-12,19H,5-6H2,1-4H3,(H2,23,24,27)/t19-/m0/s1. The number of esters is 1. The van der Waals surface area contributed by atoms with Crippen LogP contribution in [0.3, 0.4) is 0 Å². The Morgan fingerprint density at radius 2 is 1.93 bits per heavy atom. The van der Waals surface area contributed by atoms with Crippen LogP contribution in [0.25, 0.3) is 0 Å². The van der Waals surface area contributed by atoms with E-state index < -0.39 is 5.97 Å². The molecule has 2 aromatic carbocycles. The van der Waals surface area contributed by atoms with Crippen LogP contribution in [-0.2, 0) is 4.74 Å². The zero-order valence-corrected chi connectivity index (χ0v) is 17.6. The van der Waals surface area contributed by atoms with Crippen molar-refractivity contribution in [1.29, 1.82) is 0 Å². The van der Waals surface area contributed by atoms with Crippen LogP contribution >= 0.6 is 23.8 Å². The molecule has 0 aliphatic carbocycles. The van der Waals surface area contributed by atoms with Gasteiger partial charge in [0.25, 0.3) is 0 Å². The molecule has 0 aliphatic heterocycles. The van der Waals surface area contributed by atoms with Crippen LogP contribution in [-0.4, -0.2) is 17.7 Å². The van der Waals surface area contributed by atoms with Gasteiger partial charge in [0.15, 0.2) is 5.11 Å². The molecule has 6 heteroatoms. The number of carbonyl (C=O) groups is 1. The minimum absolute atomic E-state index is 0.111. The van der Waals surface area contributed by atoms with Gasteiger partial charge in [-0.25, -0.2) is 4.79 Å². The lowest BCUT2D eigenvalue weighted by atomic mass is 9.98. The summed E-state index contributed by atoms with van der Waals surface area (Å²) < 4.78 is 4.98. The number of hydrogen-bond acceptors (Lipinski definition) is 3. The fraction of sp³-hybridized carbons (Fsp3) is 0.333. The number of hydrogen-bond donors (Lipinski definition) is 2. The van der Waals surface area contributed by atoms with Crippen LogP contribution in [0, 0.1) is 13.8 Å². The number of nitrogens with one attached hydrogen (secondary N) is 2. The number of aryl methyl sites for hydroxylation is 2. The molecule has 0 saturated heterocycles. The number of halogens is 1. The molecule has 0 unspecified atom stereocenters. The van der Waals surface area contributed by atoms with Gasteiger partial charge in [-0.15, -0.1) is 0 Å². The lowest BCUT2D eigenvalue weighted by Crippen LogP contribution is -2.32. The maximum absolute atomic E-state index is 11.8. The van der Waals surface area contributed by atoms with Crippen LogP contribution in [0.1, 0.15) is 53.4 Å². The van der Waals surface area contributed by atoms with Crippen molar-refractivity contribution >= 4 is 40.6 Å².